The lowest BCUT2D eigenvalue weighted by atomic mass is 10.0. The third-order valence-corrected chi connectivity index (χ3v) is 4.94. The molecular weight excluding hydrogens is 286 g/mol. The van der Waals surface area contributed by atoms with Crippen LogP contribution in [0.25, 0.3) is 11.0 Å². The van der Waals surface area contributed by atoms with E-state index >= 15 is 0 Å². The van der Waals surface area contributed by atoms with Gasteiger partial charge in [0.15, 0.2) is 0 Å². The zero-order valence-corrected chi connectivity index (χ0v) is 12.4. The number of nitrogens with one attached hydrogen (secondary N) is 2. The lowest BCUT2D eigenvalue weighted by molar-refractivity contribution is -0.117. The molecule has 2 fully saturated rings. The number of nitrogens with zero attached hydrogens (tertiary/aromatic N) is 3. The van der Waals surface area contributed by atoms with Gasteiger partial charge in [-0.2, -0.15) is 8.75 Å². The van der Waals surface area contributed by atoms with Gasteiger partial charge in [-0.3, -0.25) is 9.69 Å². The molecule has 21 heavy (non-hydrogen) atoms. The minimum absolute atomic E-state index is 0.0310. The molecule has 1 amide bonds. The van der Waals surface area contributed by atoms with Gasteiger partial charge in [-0.05, 0) is 37.1 Å². The molecule has 6 nitrogen and oxygen atoms in total. The third-order valence-electron chi connectivity index (χ3n) is 4.39. The van der Waals surface area contributed by atoms with Crippen LogP contribution >= 0.6 is 11.7 Å². The molecule has 110 valence electrons. The maximum atomic E-state index is 12.2. The van der Waals surface area contributed by atoms with E-state index in [0.29, 0.717) is 18.4 Å². The van der Waals surface area contributed by atoms with Crippen molar-refractivity contribution < 1.29 is 4.79 Å². The number of anilines is 1. The number of benzene rings is 1. The van der Waals surface area contributed by atoms with Crippen molar-refractivity contribution in [3.05, 3.63) is 18.2 Å². The summed E-state index contributed by atoms with van der Waals surface area (Å²) in [6.07, 6.45) is 0. The quantitative estimate of drug-likeness (QED) is 0.877. The highest BCUT2D eigenvalue weighted by Gasteiger charge is 2.36. The Morgan fingerprint density at radius 3 is 2.95 bits per heavy atom. The van der Waals surface area contributed by atoms with Crippen molar-refractivity contribution in [2.45, 2.75) is 0 Å². The van der Waals surface area contributed by atoms with Crippen LogP contribution in [0.5, 0.6) is 0 Å². The van der Waals surface area contributed by atoms with E-state index in [2.05, 4.69) is 24.3 Å². The van der Waals surface area contributed by atoms with E-state index in [1.807, 2.05) is 18.2 Å². The highest BCUT2D eigenvalue weighted by atomic mass is 32.1. The van der Waals surface area contributed by atoms with Gasteiger partial charge in [0.25, 0.3) is 0 Å². The Labute approximate surface area is 126 Å². The molecule has 2 aliphatic rings. The van der Waals surface area contributed by atoms with Crippen LogP contribution in [0.15, 0.2) is 18.2 Å². The number of hydrogen-bond acceptors (Lipinski definition) is 6. The van der Waals surface area contributed by atoms with E-state index in [9.17, 15) is 4.79 Å². The summed E-state index contributed by atoms with van der Waals surface area (Å²) in [4.78, 5) is 14.5. The van der Waals surface area contributed by atoms with Gasteiger partial charge < -0.3 is 10.6 Å². The first kappa shape index (κ1) is 13.1. The normalized spacial score (nSPS) is 25.3. The van der Waals surface area contributed by atoms with Gasteiger partial charge in [0.1, 0.15) is 11.0 Å². The van der Waals surface area contributed by atoms with E-state index < -0.39 is 0 Å². The minimum Gasteiger partial charge on any atom is -0.323 e. The fraction of sp³-hybridized carbons (Fsp3) is 0.500. The predicted molar refractivity (Wildman–Crippen MR) is 82.3 cm³/mol. The SMILES string of the molecule is O=C(CN1CC2CNCC2C1)Nc1cccc2nsnc12. The number of carbonyl (C=O) groups is 1. The molecule has 3 heterocycles. The largest absolute Gasteiger partial charge is 0.323 e. The molecule has 1 aromatic heterocycles. The molecule has 0 bridgehead atoms. The highest BCUT2D eigenvalue weighted by molar-refractivity contribution is 7.00. The van der Waals surface area contributed by atoms with Crippen LogP contribution in [-0.2, 0) is 4.79 Å². The number of hydrogen-bond donors (Lipinski definition) is 2. The second-order valence-corrected chi connectivity index (χ2v) is 6.39. The summed E-state index contributed by atoms with van der Waals surface area (Å²) in [7, 11) is 0. The van der Waals surface area contributed by atoms with Crippen molar-refractivity contribution >= 4 is 34.4 Å². The molecule has 2 atom stereocenters. The van der Waals surface area contributed by atoms with E-state index in [4.69, 9.17) is 0 Å². The lowest BCUT2D eigenvalue weighted by Gasteiger charge is -2.16. The summed E-state index contributed by atoms with van der Waals surface area (Å²) in [6, 6.07) is 5.68. The first-order valence-corrected chi connectivity index (χ1v) is 7.97. The van der Waals surface area contributed by atoms with Crippen LogP contribution in [0.3, 0.4) is 0 Å². The second kappa shape index (κ2) is 5.32. The van der Waals surface area contributed by atoms with Crippen molar-refractivity contribution in [1.29, 1.82) is 0 Å². The smallest absolute Gasteiger partial charge is 0.238 e. The first-order valence-electron chi connectivity index (χ1n) is 7.24. The van der Waals surface area contributed by atoms with Gasteiger partial charge in [0, 0.05) is 13.1 Å². The molecule has 4 rings (SSSR count). The average Bonchev–Trinajstić information content (AvgIpc) is 3.12. The molecule has 2 aliphatic heterocycles. The van der Waals surface area contributed by atoms with Gasteiger partial charge in [0.05, 0.1) is 24.0 Å². The van der Waals surface area contributed by atoms with Crippen molar-refractivity contribution in [3.8, 4) is 0 Å². The zero-order valence-electron chi connectivity index (χ0n) is 11.6. The maximum absolute atomic E-state index is 12.2. The number of amides is 1. The monoisotopic (exact) mass is 303 g/mol. The van der Waals surface area contributed by atoms with Crippen molar-refractivity contribution in [2.75, 3.05) is 38.0 Å². The summed E-state index contributed by atoms with van der Waals surface area (Å²) in [6.45, 7) is 4.68. The van der Waals surface area contributed by atoms with Crippen LogP contribution in [0.4, 0.5) is 5.69 Å². The fourth-order valence-electron chi connectivity index (χ4n) is 3.38. The van der Waals surface area contributed by atoms with Crippen LogP contribution in [0.1, 0.15) is 0 Å². The molecule has 7 heteroatoms. The Bertz CT molecular complexity index is 660. The summed E-state index contributed by atoms with van der Waals surface area (Å²) in [5, 5.41) is 6.39. The van der Waals surface area contributed by atoms with E-state index in [1.54, 1.807) is 0 Å². The summed E-state index contributed by atoms with van der Waals surface area (Å²) in [5.74, 6) is 1.45. The van der Waals surface area contributed by atoms with Crippen molar-refractivity contribution in [3.63, 3.8) is 0 Å². The molecule has 0 radical (unpaired) electrons. The number of likely N-dealkylation sites (tertiary alicyclic amines) is 1. The molecule has 1 aromatic carbocycles. The summed E-state index contributed by atoms with van der Waals surface area (Å²) < 4.78 is 8.43. The molecule has 0 saturated carbocycles. The third kappa shape index (κ3) is 2.52. The molecule has 2 N–H and O–H groups in total. The van der Waals surface area contributed by atoms with Crippen LogP contribution in [0.2, 0.25) is 0 Å². The number of fused-ring (bicyclic) bond motifs is 2. The lowest BCUT2D eigenvalue weighted by Crippen LogP contribution is -2.33. The van der Waals surface area contributed by atoms with Gasteiger partial charge in [-0.25, -0.2) is 0 Å². The van der Waals surface area contributed by atoms with E-state index in [0.717, 1.165) is 42.9 Å². The van der Waals surface area contributed by atoms with Crippen molar-refractivity contribution in [2.24, 2.45) is 11.8 Å². The Balaban J connectivity index is 1.41. The Hall–Kier alpha value is -1.57. The number of aromatic nitrogens is 2. The van der Waals surface area contributed by atoms with Gasteiger partial charge in [0.2, 0.25) is 5.91 Å². The van der Waals surface area contributed by atoms with Gasteiger partial charge in [-0.15, -0.1) is 0 Å². The van der Waals surface area contributed by atoms with Crippen LogP contribution < -0.4 is 10.6 Å². The second-order valence-electron chi connectivity index (χ2n) is 5.86. The van der Waals surface area contributed by atoms with E-state index in [1.165, 1.54) is 11.7 Å². The predicted octanol–water partition coefficient (Wildman–Crippen LogP) is 0.781. The molecule has 0 aliphatic carbocycles. The summed E-state index contributed by atoms with van der Waals surface area (Å²) >= 11 is 1.17. The topological polar surface area (TPSA) is 70.2 Å². The molecule has 0 spiro atoms. The summed E-state index contributed by atoms with van der Waals surface area (Å²) in [5.41, 5.74) is 2.37. The van der Waals surface area contributed by atoms with Gasteiger partial charge in [-0.1, -0.05) is 6.07 Å². The minimum atomic E-state index is 0.0310. The van der Waals surface area contributed by atoms with Gasteiger partial charge >= 0.3 is 0 Å². The van der Waals surface area contributed by atoms with Crippen LogP contribution in [0, 0.1) is 11.8 Å². The first-order chi connectivity index (χ1) is 10.3. The number of rotatable bonds is 3. The Morgan fingerprint density at radius 2 is 2.14 bits per heavy atom. The highest BCUT2D eigenvalue weighted by Crippen LogP contribution is 2.26. The molecule has 2 aromatic rings. The molecule has 2 saturated heterocycles. The molecule has 2 unspecified atom stereocenters. The maximum Gasteiger partial charge on any atom is 0.238 e. The van der Waals surface area contributed by atoms with Crippen LogP contribution in [-0.4, -0.2) is 52.3 Å². The fourth-order valence-corrected chi connectivity index (χ4v) is 3.93. The average molecular weight is 303 g/mol. The number of carbonyl (C=O) groups excluding carboxylic acids is 1. The Kier molecular flexibility index (Phi) is 3.33. The standard InChI is InChI=1S/C14H17N5OS/c20-13(8-19-6-9-4-15-5-10(9)7-19)16-11-2-1-3-12-14(11)18-21-17-12/h1-3,9-10,15H,4-8H2,(H,16,20). The van der Waals surface area contributed by atoms with E-state index in [-0.39, 0.29) is 5.91 Å². The zero-order chi connectivity index (χ0) is 14.2. The van der Waals surface area contributed by atoms with Crippen molar-refractivity contribution in [1.82, 2.24) is 19.0 Å². The molecular formula is C14H17N5OS. The Morgan fingerprint density at radius 1 is 1.33 bits per heavy atom.